The second kappa shape index (κ2) is 4.89. The highest BCUT2D eigenvalue weighted by Gasteiger charge is 2.11. The smallest absolute Gasteiger partial charge is 0.287 e. The zero-order valence-corrected chi connectivity index (χ0v) is 11.4. The van der Waals surface area contributed by atoms with Crippen LogP contribution in [0, 0.1) is 0 Å². The standard InChI is InChI=1S/C13H10BrN3O2/c14-12-5-4-11(19-12)13(18)15-7-9-8-16-17-6-2-1-3-10(9)17/h1-6,8H,7H2,(H,15,18). The van der Waals surface area contributed by atoms with Crippen LogP contribution in [-0.4, -0.2) is 15.5 Å². The highest BCUT2D eigenvalue weighted by atomic mass is 79.9. The molecular formula is C13H10BrN3O2. The molecule has 3 aromatic heterocycles. The summed E-state index contributed by atoms with van der Waals surface area (Å²) in [5.74, 6) is 0.0318. The minimum atomic E-state index is -0.249. The number of halogens is 1. The molecule has 6 heteroatoms. The molecule has 96 valence electrons. The van der Waals surface area contributed by atoms with Gasteiger partial charge in [-0.1, -0.05) is 6.07 Å². The molecule has 0 aliphatic rings. The van der Waals surface area contributed by atoms with E-state index in [0.717, 1.165) is 11.1 Å². The van der Waals surface area contributed by atoms with E-state index in [1.165, 1.54) is 0 Å². The summed E-state index contributed by atoms with van der Waals surface area (Å²) < 4.78 is 7.49. The van der Waals surface area contributed by atoms with Crippen molar-refractivity contribution in [1.82, 2.24) is 14.9 Å². The summed E-state index contributed by atoms with van der Waals surface area (Å²) in [5.41, 5.74) is 1.93. The Morgan fingerprint density at radius 3 is 3.05 bits per heavy atom. The van der Waals surface area contributed by atoms with E-state index in [9.17, 15) is 4.79 Å². The Morgan fingerprint density at radius 2 is 2.26 bits per heavy atom. The van der Waals surface area contributed by atoms with E-state index in [1.807, 2.05) is 24.4 Å². The number of nitrogens with zero attached hydrogens (tertiary/aromatic N) is 2. The second-order valence-electron chi connectivity index (χ2n) is 3.99. The van der Waals surface area contributed by atoms with Crippen LogP contribution in [0.1, 0.15) is 16.1 Å². The first kappa shape index (κ1) is 12.0. The van der Waals surface area contributed by atoms with Crippen molar-refractivity contribution in [2.75, 3.05) is 0 Å². The van der Waals surface area contributed by atoms with Crippen molar-refractivity contribution in [1.29, 1.82) is 0 Å². The first-order chi connectivity index (χ1) is 9.24. The molecule has 0 aromatic carbocycles. The predicted octanol–water partition coefficient (Wildman–Crippen LogP) is 2.62. The van der Waals surface area contributed by atoms with Crippen molar-refractivity contribution >= 4 is 27.4 Å². The molecule has 3 heterocycles. The van der Waals surface area contributed by atoms with Gasteiger partial charge in [0.15, 0.2) is 10.4 Å². The van der Waals surface area contributed by atoms with Gasteiger partial charge in [0.25, 0.3) is 5.91 Å². The van der Waals surface area contributed by atoms with E-state index in [2.05, 4.69) is 26.3 Å². The van der Waals surface area contributed by atoms with Gasteiger partial charge in [-0.15, -0.1) is 0 Å². The molecule has 0 unspecified atom stereocenters. The summed E-state index contributed by atoms with van der Waals surface area (Å²) in [6.07, 6.45) is 3.61. The van der Waals surface area contributed by atoms with Crippen LogP contribution in [0.4, 0.5) is 0 Å². The van der Waals surface area contributed by atoms with Crippen LogP contribution in [0.25, 0.3) is 5.52 Å². The molecule has 1 amide bonds. The van der Waals surface area contributed by atoms with Gasteiger partial charge >= 0.3 is 0 Å². The normalized spacial score (nSPS) is 10.8. The molecule has 0 saturated carbocycles. The molecule has 0 saturated heterocycles. The lowest BCUT2D eigenvalue weighted by molar-refractivity contribution is 0.0922. The molecule has 0 fully saturated rings. The fourth-order valence-corrected chi connectivity index (χ4v) is 2.13. The number of hydrogen-bond donors (Lipinski definition) is 1. The van der Waals surface area contributed by atoms with Crippen LogP contribution in [0.15, 0.2) is 51.8 Å². The maximum Gasteiger partial charge on any atom is 0.287 e. The molecule has 0 radical (unpaired) electrons. The highest BCUT2D eigenvalue weighted by molar-refractivity contribution is 9.10. The van der Waals surface area contributed by atoms with Gasteiger partial charge in [-0.2, -0.15) is 5.10 Å². The van der Waals surface area contributed by atoms with Crippen molar-refractivity contribution in [3.05, 3.63) is 58.7 Å². The summed E-state index contributed by atoms with van der Waals surface area (Å²) in [5, 5.41) is 7.01. The first-order valence-electron chi connectivity index (χ1n) is 5.69. The van der Waals surface area contributed by atoms with E-state index in [-0.39, 0.29) is 11.7 Å². The number of aromatic nitrogens is 2. The van der Waals surface area contributed by atoms with Gasteiger partial charge in [0.1, 0.15) is 0 Å². The first-order valence-corrected chi connectivity index (χ1v) is 6.48. The van der Waals surface area contributed by atoms with E-state index < -0.39 is 0 Å². The summed E-state index contributed by atoms with van der Waals surface area (Å²) in [6, 6.07) is 9.10. The number of amides is 1. The topological polar surface area (TPSA) is 59.5 Å². The third-order valence-corrected chi connectivity index (χ3v) is 3.17. The van der Waals surface area contributed by atoms with Gasteiger partial charge in [-0.05, 0) is 40.2 Å². The highest BCUT2D eigenvalue weighted by Crippen LogP contribution is 2.14. The van der Waals surface area contributed by atoms with Crippen LogP contribution in [-0.2, 0) is 6.54 Å². The van der Waals surface area contributed by atoms with Crippen LogP contribution < -0.4 is 5.32 Å². The Bertz CT molecular complexity index is 732. The number of pyridine rings is 1. The molecule has 0 aliphatic heterocycles. The molecule has 5 nitrogen and oxygen atoms in total. The molecule has 0 bridgehead atoms. The monoisotopic (exact) mass is 319 g/mol. The molecular weight excluding hydrogens is 310 g/mol. The second-order valence-corrected chi connectivity index (χ2v) is 4.77. The maximum absolute atomic E-state index is 11.8. The number of fused-ring (bicyclic) bond motifs is 1. The van der Waals surface area contributed by atoms with Crippen LogP contribution >= 0.6 is 15.9 Å². The lowest BCUT2D eigenvalue weighted by atomic mass is 10.2. The van der Waals surface area contributed by atoms with Crippen molar-refractivity contribution in [2.45, 2.75) is 6.54 Å². The quantitative estimate of drug-likeness (QED) is 0.807. The Hall–Kier alpha value is -2.08. The molecule has 0 atom stereocenters. The Morgan fingerprint density at radius 1 is 1.37 bits per heavy atom. The minimum Gasteiger partial charge on any atom is -0.444 e. The number of rotatable bonds is 3. The third kappa shape index (κ3) is 2.39. The summed E-state index contributed by atoms with van der Waals surface area (Å²) in [6.45, 7) is 0.407. The molecule has 19 heavy (non-hydrogen) atoms. The summed E-state index contributed by atoms with van der Waals surface area (Å²) in [7, 11) is 0. The molecule has 1 N–H and O–H groups in total. The largest absolute Gasteiger partial charge is 0.444 e. The number of nitrogens with one attached hydrogen (secondary N) is 1. The van der Waals surface area contributed by atoms with Gasteiger partial charge in [0.05, 0.1) is 11.7 Å². The van der Waals surface area contributed by atoms with Crippen molar-refractivity contribution < 1.29 is 9.21 Å². The fourth-order valence-electron chi connectivity index (χ4n) is 1.82. The maximum atomic E-state index is 11.8. The minimum absolute atomic E-state index is 0.249. The van der Waals surface area contributed by atoms with Gasteiger partial charge in [-0.25, -0.2) is 4.52 Å². The van der Waals surface area contributed by atoms with Gasteiger partial charge in [0, 0.05) is 18.3 Å². The van der Waals surface area contributed by atoms with Crippen molar-refractivity contribution in [3.8, 4) is 0 Å². The zero-order valence-electron chi connectivity index (χ0n) is 9.84. The van der Waals surface area contributed by atoms with Crippen LogP contribution in [0.2, 0.25) is 0 Å². The van der Waals surface area contributed by atoms with Crippen LogP contribution in [0.5, 0.6) is 0 Å². The van der Waals surface area contributed by atoms with Crippen molar-refractivity contribution in [2.24, 2.45) is 0 Å². The summed E-state index contributed by atoms with van der Waals surface area (Å²) in [4.78, 5) is 11.8. The van der Waals surface area contributed by atoms with Gasteiger partial charge < -0.3 is 9.73 Å². The average Bonchev–Trinajstić information content (AvgIpc) is 3.02. The SMILES string of the molecule is O=C(NCc1cnn2ccccc12)c1ccc(Br)o1. The Labute approximate surface area is 117 Å². The Kier molecular flexibility index (Phi) is 3.08. The Balaban J connectivity index is 1.74. The molecule has 3 rings (SSSR count). The van der Waals surface area contributed by atoms with E-state index >= 15 is 0 Å². The van der Waals surface area contributed by atoms with E-state index in [4.69, 9.17) is 4.42 Å². The average molecular weight is 320 g/mol. The predicted molar refractivity (Wildman–Crippen MR) is 72.8 cm³/mol. The number of carbonyl (C=O) groups is 1. The fraction of sp³-hybridized carbons (Fsp3) is 0.0769. The van der Waals surface area contributed by atoms with E-state index in [1.54, 1.807) is 22.8 Å². The third-order valence-electron chi connectivity index (χ3n) is 2.74. The lowest BCUT2D eigenvalue weighted by Crippen LogP contribution is -2.22. The number of furan rings is 1. The van der Waals surface area contributed by atoms with Gasteiger partial charge in [-0.3, -0.25) is 4.79 Å². The number of hydrogen-bond acceptors (Lipinski definition) is 3. The summed E-state index contributed by atoms with van der Waals surface area (Å²) >= 11 is 3.16. The molecule has 0 aliphatic carbocycles. The molecule has 3 aromatic rings. The lowest BCUT2D eigenvalue weighted by Gasteiger charge is -2.01. The van der Waals surface area contributed by atoms with E-state index in [0.29, 0.717) is 11.2 Å². The van der Waals surface area contributed by atoms with Crippen molar-refractivity contribution in [3.63, 3.8) is 0 Å². The van der Waals surface area contributed by atoms with Gasteiger partial charge in [0.2, 0.25) is 0 Å². The number of carbonyl (C=O) groups excluding carboxylic acids is 1. The zero-order chi connectivity index (χ0) is 13.2. The van der Waals surface area contributed by atoms with Crippen LogP contribution in [0.3, 0.4) is 0 Å². The molecule has 0 spiro atoms.